The Bertz CT molecular complexity index is 1460. The predicted octanol–water partition coefficient (Wildman–Crippen LogP) is 2.47. The van der Waals surface area contributed by atoms with E-state index in [4.69, 9.17) is 0 Å². The molecular formula is C20H20F3N5O4S. The largest absolute Gasteiger partial charge is 0.435 e. The van der Waals surface area contributed by atoms with E-state index in [-0.39, 0.29) is 37.9 Å². The summed E-state index contributed by atoms with van der Waals surface area (Å²) in [4.78, 5) is 25.5. The molecule has 3 rings (SSSR count). The zero-order valence-electron chi connectivity index (χ0n) is 18.4. The van der Waals surface area contributed by atoms with Crippen molar-refractivity contribution in [3.05, 3.63) is 39.9 Å². The highest BCUT2D eigenvalue weighted by Crippen LogP contribution is 2.33. The lowest BCUT2D eigenvalue weighted by Gasteiger charge is -2.18. The molecule has 0 aliphatic heterocycles. The van der Waals surface area contributed by atoms with Crippen LogP contribution in [0, 0.1) is 11.3 Å². The van der Waals surface area contributed by atoms with Crippen molar-refractivity contribution in [3.8, 4) is 17.6 Å². The van der Waals surface area contributed by atoms with Crippen LogP contribution in [0.2, 0.25) is 0 Å². The number of hydrogen-bond acceptors (Lipinski definition) is 7. The number of alkyl halides is 3. The maximum Gasteiger partial charge on any atom is 0.435 e. The van der Waals surface area contributed by atoms with Gasteiger partial charge in [0.25, 0.3) is 0 Å². The molecule has 176 valence electrons. The third-order valence-corrected chi connectivity index (χ3v) is 7.00. The van der Waals surface area contributed by atoms with Crippen LogP contribution in [0.15, 0.2) is 28.0 Å². The van der Waals surface area contributed by atoms with Gasteiger partial charge in [0, 0.05) is 13.2 Å². The molecule has 3 aromatic rings. The van der Waals surface area contributed by atoms with E-state index >= 15 is 0 Å². The van der Waals surface area contributed by atoms with Crippen molar-refractivity contribution in [1.29, 1.82) is 5.26 Å². The van der Waals surface area contributed by atoms with Gasteiger partial charge in [-0.3, -0.25) is 9.78 Å². The smallest absolute Gasteiger partial charge is 0.413 e. The van der Waals surface area contributed by atoms with Crippen molar-refractivity contribution in [1.82, 2.24) is 19.3 Å². The van der Waals surface area contributed by atoms with Crippen LogP contribution in [-0.2, 0) is 28.5 Å². The fourth-order valence-corrected chi connectivity index (χ4v) is 4.32. The molecule has 0 fully saturated rings. The van der Waals surface area contributed by atoms with Crippen LogP contribution in [0.1, 0.15) is 32.0 Å². The van der Waals surface area contributed by atoms with Gasteiger partial charge in [0.05, 0.1) is 27.6 Å². The molecule has 0 aliphatic rings. The summed E-state index contributed by atoms with van der Waals surface area (Å²) in [7, 11) is -1.61. The number of imidazole rings is 1. The lowest BCUT2D eigenvalue weighted by Crippen LogP contribution is -2.32. The molecule has 0 aliphatic carbocycles. The fraction of sp³-hybridized carbons (Fsp3) is 0.400. The first-order valence-electron chi connectivity index (χ1n) is 9.58. The molecule has 9 nitrogen and oxygen atoms in total. The topological polar surface area (TPSA) is 120 Å². The SMILES string of the molecule is CCS(=O)(=O)c1cc(C(C)(C)C#N)cnc1-c1nc2cc(C(F)(F)F)n(OC)c(=O)c2n1C. The second kappa shape index (κ2) is 7.87. The molecule has 0 saturated heterocycles. The standard InChI is InChI=1S/C20H20F3N5O4S/c1-6-33(30,31)13-7-11(19(2,3)10-24)9-25-15(13)17-26-12-8-14(20(21,22)23)28(32-5)18(29)16(12)27(17)4/h7-9H,6H2,1-5H3. The highest BCUT2D eigenvalue weighted by molar-refractivity contribution is 7.91. The Kier molecular flexibility index (Phi) is 5.79. The molecule has 0 aromatic carbocycles. The maximum absolute atomic E-state index is 13.4. The van der Waals surface area contributed by atoms with E-state index in [0.29, 0.717) is 11.6 Å². The quantitative estimate of drug-likeness (QED) is 0.547. The van der Waals surface area contributed by atoms with Crippen molar-refractivity contribution in [2.75, 3.05) is 12.9 Å². The van der Waals surface area contributed by atoms with Gasteiger partial charge in [0.15, 0.2) is 21.4 Å². The minimum atomic E-state index is -4.90. The second-order valence-corrected chi connectivity index (χ2v) is 10.00. The molecule has 0 bridgehead atoms. The molecule has 0 amide bonds. The van der Waals surface area contributed by atoms with Crippen molar-refractivity contribution in [2.24, 2.45) is 7.05 Å². The highest BCUT2D eigenvalue weighted by atomic mass is 32.2. The van der Waals surface area contributed by atoms with Crippen LogP contribution in [0.25, 0.3) is 22.6 Å². The molecule has 3 aromatic heterocycles. The molecule has 0 saturated carbocycles. The molecule has 0 unspecified atom stereocenters. The Balaban J connectivity index is 2.43. The van der Waals surface area contributed by atoms with Gasteiger partial charge in [-0.25, -0.2) is 13.4 Å². The Morgan fingerprint density at radius 3 is 2.39 bits per heavy atom. The van der Waals surface area contributed by atoms with E-state index < -0.39 is 32.7 Å². The van der Waals surface area contributed by atoms with E-state index in [2.05, 4.69) is 20.9 Å². The van der Waals surface area contributed by atoms with Crippen molar-refractivity contribution in [2.45, 2.75) is 37.3 Å². The van der Waals surface area contributed by atoms with Gasteiger partial charge in [0.2, 0.25) is 0 Å². The minimum Gasteiger partial charge on any atom is -0.413 e. The van der Waals surface area contributed by atoms with E-state index in [1.807, 2.05) is 0 Å². The number of aromatic nitrogens is 4. The molecule has 0 N–H and O–H groups in total. The average molecular weight is 483 g/mol. The number of rotatable bonds is 5. The van der Waals surface area contributed by atoms with Crippen molar-refractivity contribution < 1.29 is 26.4 Å². The van der Waals surface area contributed by atoms with E-state index in [1.165, 1.54) is 30.8 Å². The lowest BCUT2D eigenvalue weighted by molar-refractivity contribution is -0.151. The number of nitrogens with zero attached hydrogens (tertiary/aromatic N) is 5. The van der Waals surface area contributed by atoms with Gasteiger partial charge < -0.3 is 9.40 Å². The first kappa shape index (κ1) is 24.2. The Labute approximate surface area is 186 Å². The van der Waals surface area contributed by atoms with Gasteiger partial charge in [0.1, 0.15) is 18.3 Å². The summed E-state index contributed by atoms with van der Waals surface area (Å²) in [5, 5.41) is 9.41. The molecule has 33 heavy (non-hydrogen) atoms. The number of halogens is 3. The summed E-state index contributed by atoms with van der Waals surface area (Å²) in [6.07, 6.45) is -3.60. The maximum atomic E-state index is 13.4. The number of nitriles is 1. The Morgan fingerprint density at radius 2 is 1.88 bits per heavy atom. The van der Waals surface area contributed by atoms with Gasteiger partial charge in [-0.2, -0.15) is 18.4 Å². The number of pyridine rings is 2. The van der Waals surface area contributed by atoms with E-state index in [9.17, 15) is 31.6 Å². The third-order valence-electron chi connectivity index (χ3n) is 5.26. The van der Waals surface area contributed by atoms with Gasteiger partial charge in [-0.1, -0.05) is 6.92 Å². The number of fused-ring (bicyclic) bond motifs is 1. The molecule has 0 radical (unpaired) electrons. The summed E-state index contributed by atoms with van der Waals surface area (Å²) in [6.45, 7) is 4.60. The van der Waals surface area contributed by atoms with Crippen LogP contribution in [0.5, 0.6) is 0 Å². The predicted molar refractivity (Wildman–Crippen MR) is 112 cm³/mol. The number of hydrogen-bond donors (Lipinski definition) is 0. The fourth-order valence-electron chi connectivity index (χ4n) is 3.27. The van der Waals surface area contributed by atoms with E-state index in [0.717, 1.165) is 7.11 Å². The first-order chi connectivity index (χ1) is 15.2. The van der Waals surface area contributed by atoms with Gasteiger partial charge in [-0.05, 0) is 31.5 Å². The summed E-state index contributed by atoms with van der Waals surface area (Å²) in [6, 6.07) is 4.01. The summed E-state index contributed by atoms with van der Waals surface area (Å²) >= 11 is 0. The highest BCUT2D eigenvalue weighted by Gasteiger charge is 2.37. The summed E-state index contributed by atoms with van der Waals surface area (Å²) in [5.74, 6) is -0.422. The Hall–Kier alpha value is -3.40. The minimum absolute atomic E-state index is 0.101. The van der Waals surface area contributed by atoms with Crippen LogP contribution in [-0.4, -0.2) is 40.5 Å². The van der Waals surface area contributed by atoms with Crippen LogP contribution in [0.4, 0.5) is 13.2 Å². The van der Waals surface area contributed by atoms with Gasteiger partial charge >= 0.3 is 11.7 Å². The zero-order chi connectivity index (χ0) is 24.9. The molecule has 0 atom stereocenters. The van der Waals surface area contributed by atoms with Crippen molar-refractivity contribution in [3.63, 3.8) is 0 Å². The average Bonchev–Trinajstić information content (AvgIpc) is 3.09. The third kappa shape index (κ3) is 3.95. The van der Waals surface area contributed by atoms with Crippen molar-refractivity contribution >= 4 is 20.9 Å². The number of sulfone groups is 1. The monoisotopic (exact) mass is 483 g/mol. The van der Waals surface area contributed by atoms with Crippen LogP contribution < -0.4 is 10.4 Å². The number of aryl methyl sites for hydroxylation is 1. The van der Waals surface area contributed by atoms with Crippen LogP contribution >= 0.6 is 0 Å². The molecule has 0 spiro atoms. The second-order valence-electron chi connectivity index (χ2n) is 7.75. The summed E-state index contributed by atoms with van der Waals surface area (Å²) in [5.41, 5.74) is -3.89. The first-order valence-corrected chi connectivity index (χ1v) is 11.2. The van der Waals surface area contributed by atoms with E-state index in [1.54, 1.807) is 13.8 Å². The van der Waals surface area contributed by atoms with Gasteiger partial charge in [-0.15, -0.1) is 4.73 Å². The van der Waals surface area contributed by atoms with Crippen LogP contribution in [0.3, 0.4) is 0 Å². The zero-order valence-corrected chi connectivity index (χ0v) is 19.2. The summed E-state index contributed by atoms with van der Waals surface area (Å²) < 4.78 is 67.3. The normalized spacial score (nSPS) is 12.7. The molecule has 3 heterocycles. The lowest BCUT2D eigenvalue weighted by atomic mass is 9.87. The molecule has 13 heteroatoms. The molecular weight excluding hydrogens is 463 g/mol. The Morgan fingerprint density at radius 1 is 1.24 bits per heavy atom.